The zero-order valence-electron chi connectivity index (χ0n) is 18.5. The number of rotatable bonds is 8. The van der Waals surface area contributed by atoms with Crippen LogP contribution in [-0.2, 0) is 19.1 Å². The summed E-state index contributed by atoms with van der Waals surface area (Å²) in [6.07, 6.45) is -0.611. The fraction of sp³-hybridized carbons (Fsp3) is 0.400. The minimum atomic E-state index is -0.960. The van der Waals surface area contributed by atoms with Crippen molar-refractivity contribution in [2.75, 3.05) is 19.8 Å². The second kappa shape index (κ2) is 10.0. The number of amides is 2. The highest BCUT2D eigenvalue weighted by Crippen LogP contribution is 2.44. The Labute approximate surface area is 192 Å². The molecule has 4 rings (SSSR count). The van der Waals surface area contributed by atoms with E-state index in [-0.39, 0.29) is 19.1 Å². The average Bonchev–Trinajstić information content (AvgIpc) is 3.40. The normalized spacial score (nSPS) is 19.9. The lowest BCUT2D eigenvalue weighted by molar-refractivity contribution is -0.142. The molecule has 0 aromatic heterocycles. The van der Waals surface area contributed by atoms with Crippen LogP contribution in [0.5, 0.6) is 0 Å². The van der Waals surface area contributed by atoms with Gasteiger partial charge in [0, 0.05) is 19.1 Å². The molecule has 3 atom stereocenters. The summed E-state index contributed by atoms with van der Waals surface area (Å²) in [6.45, 7) is 2.27. The Hall–Kier alpha value is -3.39. The van der Waals surface area contributed by atoms with E-state index >= 15 is 0 Å². The van der Waals surface area contributed by atoms with Gasteiger partial charge in [-0.1, -0.05) is 55.5 Å². The third-order valence-corrected chi connectivity index (χ3v) is 6.36. The minimum Gasteiger partial charge on any atom is -0.481 e. The van der Waals surface area contributed by atoms with E-state index in [1.54, 1.807) is 6.92 Å². The summed E-state index contributed by atoms with van der Waals surface area (Å²) in [5.74, 6) is -2.11. The summed E-state index contributed by atoms with van der Waals surface area (Å²) in [4.78, 5) is 36.2. The van der Waals surface area contributed by atoms with Crippen LogP contribution in [0.2, 0.25) is 0 Å². The molecule has 1 saturated heterocycles. The van der Waals surface area contributed by atoms with Gasteiger partial charge in [0.2, 0.25) is 0 Å². The third-order valence-electron chi connectivity index (χ3n) is 6.36. The first-order valence-electron chi connectivity index (χ1n) is 11.2. The van der Waals surface area contributed by atoms with Crippen LogP contribution in [0.3, 0.4) is 0 Å². The molecular weight excluding hydrogens is 424 g/mol. The predicted octanol–water partition coefficient (Wildman–Crippen LogP) is 2.91. The topological polar surface area (TPSA) is 114 Å². The van der Waals surface area contributed by atoms with Gasteiger partial charge >= 0.3 is 12.1 Å². The predicted molar refractivity (Wildman–Crippen MR) is 121 cm³/mol. The first-order chi connectivity index (χ1) is 16.0. The maximum absolute atomic E-state index is 12.6. The Morgan fingerprint density at radius 1 is 1.09 bits per heavy atom. The van der Waals surface area contributed by atoms with Gasteiger partial charge in [-0.05, 0) is 35.1 Å². The molecule has 1 aliphatic carbocycles. The summed E-state index contributed by atoms with van der Waals surface area (Å²) in [6, 6.07) is 15.6. The van der Waals surface area contributed by atoms with E-state index in [4.69, 9.17) is 14.6 Å². The van der Waals surface area contributed by atoms with Crippen LogP contribution >= 0.6 is 0 Å². The maximum Gasteiger partial charge on any atom is 0.407 e. The van der Waals surface area contributed by atoms with E-state index < -0.39 is 36.0 Å². The molecule has 1 heterocycles. The van der Waals surface area contributed by atoms with E-state index in [0.29, 0.717) is 19.4 Å². The Morgan fingerprint density at radius 2 is 1.73 bits per heavy atom. The largest absolute Gasteiger partial charge is 0.481 e. The number of aliphatic carboxylic acids is 1. The number of carbonyl (C=O) groups is 3. The number of carboxylic acids is 1. The number of alkyl carbamates (subject to hydrolysis) is 1. The third kappa shape index (κ3) is 4.85. The van der Waals surface area contributed by atoms with Crippen LogP contribution in [0.1, 0.15) is 36.8 Å². The monoisotopic (exact) mass is 452 g/mol. The molecule has 33 heavy (non-hydrogen) atoms. The fourth-order valence-electron chi connectivity index (χ4n) is 4.52. The molecule has 8 heteroatoms. The number of nitrogens with one attached hydrogen (secondary N) is 2. The lowest BCUT2D eigenvalue weighted by Crippen LogP contribution is -2.49. The highest BCUT2D eigenvalue weighted by molar-refractivity contribution is 5.83. The van der Waals surface area contributed by atoms with Gasteiger partial charge in [-0.3, -0.25) is 9.59 Å². The van der Waals surface area contributed by atoms with Gasteiger partial charge in [0.15, 0.2) is 6.10 Å². The van der Waals surface area contributed by atoms with Crippen molar-refractivity contribution in [3.05, 3.63) is 59.7 Å². The molecule has 1 unspecified atom stereocenters. The highest BCUT2D eigenvalue weighted by atomic mass is 16.6. The van der Waals surface area contributed by atoms with Crippen LogP contribution in [0.25, 0.3) is 11.1 Å². The first-order valence-corrected chi connectivity index (χ1v) is 11.2. The molecule has 0 spiro atoms. The summed E-state index contributed by atoms with van der Waals surface area (Å²) in [7, 11) is 0. The summed E-state index contributed by atoms with van der Waals surface area (Å²) in [5.41, 5.74) is 4.54. The number of fused-ring (bicyclic) bond motifs is 3. The van der Waals surface area contributed by atoms with E-state index in [1.165, 1.54) is 0 Å². The molecule has 8 nitrogen and oxygen atoms in total. The summed E-state index contributed by atoms with van der Waals surface area (Å²) in [5, 5.41) is 14.5. The van der Waals surface area contributed by atoms with E-state index in [0.717, 1.165) is 22.3 Å². The molecule has 2 aromatic rings. The molecule has 0 radical (unpaired) electrons. The molecular formula is C25H28N2O6. The lowest BCUT2D eigenvalue weighted by atomic mass is 9.98. The molecule has 174 valence electrons. The number of hydrogen-bond donors (Lipinski definition) is 3. The zero-order chi connectivity index (χ0) is 23.4. The van der Waals surface area contributed by atoms with Gasteiger partial charge in [-0.2, -0.15) is 0 Å². The Balaban J connectivity index is 1.33. The SMILES string of the molecule is CCC(CNC(=O)[C@H]1OCC[C@H]1NC(=O)OCC1c2ccccc2-c2ccccc21)C(=O)O. The summed E-state index contributed by atoms with van der Waals surface area (Å²) < 4.78 is 11.1. The van der Waals surface area contributed by atoms with Crippen LogP contribution in [0.4, 0.5) is 4.79 Å². The quantitative estimate of drug-likeness (QED) is 0.568. The summed E-state index contributed by atoms with van der Waals surface area (Å²) >= 11 is 0. The lowest BCUT2D eigenvalue weighted by Gasteiger charge is -2.21. The molecule has 1 fully saturated rings. The van der Waals surface area contributed by atoms with Crippen molar-refractivity contribution in [2.45, 2.75) is 37.8 Å². The van der Waals surface area contributed by atoms with Crippen LogP contribution in [-0.4, -0.2) is 55.0 Å². The van der Waals surface area contributed by atoms with E-state index in [1.807, 2.05) is 36.4 Å². The van der Waals surface area contributed by atoms with Crippen molar-refractivity contribution in [1.29, 1.82) is 0 Å². The van der Waals surface area contributed by atoms with Gasteiger partial charge in [0.05, 0.1) is 12.0 Å². The number of carboxylic acid groups (broad SMARTS) is 1. The Bertz CT molecular complexity index is 994. The van der Waals surface area contributed by atoms with E-state index in [9.17, 15) is 14.4 Å². The molecule has 2 aliphatic rings. The average molecular weight is 453 g/mol. The fourth-order valence-corrected chi connectivity index (χ4v) is 4.52. The van der Waals surface area contributed by atoms with Crippen molar-refractivity contribution in [2.24, 2.45) is 5.92 Å². The van der Waals surface area contributed by atoms with Crippen molar-refractivity contribution >= 4 is 18.0 Å². The van der Waals surface area contributed by atoms with Crippen LogP contribution < -0.4 is 10.6 Å². The second-order valence-corrected chi connectivity index (χ2v) is 8.35. The van der Waals surface area contributed by atoms with Crippen LogP contribution in [0, 0.1) is 5.92 Å². The first kappa shape index (κ1) is 22.8. The Kier molecular flexibility index (Phi) is 6.93. The number of carbonyl (C=O) groups excluding carboxylic acids is 2. The molecule has 2 aromatic carbocycles. The molecule has 3 N–H and O–H groups in total. The van der Waals surface area contributed by atoms with Gasteiger partial charge in [0.1, 0.15) is 6.61 Å². The molecule has 0 bridgehead atoms. The Morgan fingerprint density at radius 3 is 2.33 bits per heavy atom. The number of hydrogen-bond acceptors (Lipinski definition) is 5. The van der Waals surface area contributed by atoms with Crippen molar-refractivity contribution < 1.29 is 29.0 Å². The number of benzene rings is 2. The minimum absolute atomic E-state index is 0.0161. The van der Waals surface area contributed by atoms with Crippen molar-refractivity contribution in [1.82, 2.24) is 10.6 Å². The van der Waals surface area contributed by atoms with Crippen LogP contribution in [0.15, 0.2) is 48.5 Å². The zero-order valence-corrected chi connectivity index (χ0v) is 18.5. The molecule has 1 aliphatic heterocycles. The number of ether oxygens (including phenoxy) is 2. The second-order valence-electron chi connectivity index (χ2n) is 8.35. The standard InChI is InChI=1S/C25H28N2O6/c1-2-15(24(29)30)13-26-23(28)22-21(11-12-32-22)27-25(31)33-14-20-18-9-5-3-7-16(18)17-8-4-6-10-19(17)20/h3-10,15,20-22H,2,11-14H2,1H3,(H,26,28)(H,27,31)(H,29,30)/t15?,21-,22+/m1/s1. The highest BCUT2D eigenvalue weighted by Gasteiger charge is 2.36. The molecule has 2 amide bonds. The van der Waals surface area contributed by atoms with Crippen molar-refractivity contribution in [3.63, 3.8) is 0 Å². The van der Waals surface area contributed by atoms with E-state index in [2.05, 4.69) is 22.8 Å². The smallest absolute Gasteiger partial charge is 0.407 e. The van der Waals surface area contributed by atoms with Crippen molar-refractivity contribution in [3.8, 4) is 11.1 Å². The molecule has 0 saturated carbocycles. The van der Waals surface area contributed by atoms with Gasteiger partial charge in [-0.25, -0.2) is 4.79 Å². The maximum atomic E-state index is 12.6. The van der Waals surface area contributed by atoms with Gasteiger partial charge in [0.25, 0.3) is 5.91 Å². The van der Waals surface area contributed by atoms with Gasteiger partial charge in [-0.15, -0.1) is 0 Å². The van der Waals surface area contributed by atoms with Gasteiger partial charge < -0.3 is 25.2 Å².